The molecule has 2 aromatic carbocycles. The molecule has 0 aliphatic carbocycles. The highest BCUT2D eigenvalue weighted by Gasteiger charge is 2.07. The highest BCUT2D eigenvalue weighted by Crippen LogP contribution is 2.31. The van der Waals surface area contributed by atoms with E-state index in [9.17, 15) is 4.79 Å². The van der Waals surface area contributed by atoms with Gasteiger partial charge in [0.1, 0.15) is 19.0 Å². The first kappa shape index (κ1) is 12.9. The van der Waals surface area contributed by atoms with E-state index in [1.807, 2.05) is 24.3 Å². The fourth-order valence-electron chi connectivity index (χ4n) is 1.72. The number of benzene rings is 2. The molecule has 0 aromatic heterocycles. The van der Waals surface area contributed by atoms with Gasteiger partial charge >= 0.3 is 0 Å². The van der Waals surface area contributed by atoms with Crippen LogP contribution >= 0.6 is 11.6 Å². The third kappa shape index (κ3) is 2.81. The second-order valence-corrected chi connectivity index (χ2v) is 4.26. The summed E-state index contributed by atoms with van der Waals surface area (Å²) < 4.78 is 10.2. The summed E-state index contributed by atoms with van der Waals surface area (Å²) in [4.78, 5) is 11.3. The quantitative estimate of drug-likeness (QED) is 0.832. The van der Waals surface area contributed by atoms with Crippen molar-refractivity contribution < 1.29 is 14.3 Å². The molecule has 2 aromatic rings. The number of ketones is 1. The summed E-state index contributed by atoms with van der Waals surface area (Å²) >= 11 is 6.10. The van der Waals surface area contributed by atoms with E-state index in [0.717, 1.165) is 10.8 Å². The minimum atomic E-state index is -0.100. The average molecular weight is 265 g/mol. The number of halogens is 1. The smallest absolute Gasteiger partial charge is 0.195 e. The second-order valence-electron chi connectivity index (χ2n) is 3.85. The van der Waals surface area contributed by atoms with Crippen LogP contribution in [-0.2, 0) is 9.53 Å². The maximum absolute atomic E-state index is 11.3. The Morgan fingerprint density at radius 2 is 1.83 bits per heavy atom. The largest absolute Gasteiger partial charge is 0.485 e. The molecule has 0 saturated heterocycles. The highest BCUT2D eigenvalue weighted by atomic mass is 35.5. The fourth-order valence-corrected chi connectivity index (χ4v) is 1.95. The number of Topliss-reactive ketones (excluding diaryl/α,β-unsaturated/α-hetero) is 1. The summed E-state index contributed by atoms with van der Waals surface area (Å²) in [6.45, 7) is 0.0605. The number of ether oxygens (including phenoxy) is 2. The van der Waals surface area contributed by atoms with Crippen molar-refractivity contribution in [3.05, 3.63) is 41.4 Å². The lowest BCUT2D eigenvalue weighted by molar-refractivity contribution is -0.124. The van der Waals surface area contributed by atoms with Gasteiger partial charge < -0.3 is 9.47 Å². The first-order valence-corrected chi connectivity index (χ1v) is 5.91. The van der Waals surface area contributed by atoms with E-state index < -0.39 is 0 Å². The molecule has 0 spiro atoms. The molecule has 2 rings (SSSR count). The van der Waals surface area contributed by atoms with E-state index in [1.54, 1.807) is 12.1 Å². The summed E-state index contributed by atoms with van der Waals surface area (Å²) in [6.07, 6.45) is 0. The number of methoxy groups -OCH3 is 1. The zero-order valence-electron chi connectivity index (χ0n) is 9.98. The van der Waals surface area contributed by atoms with Crippen molar-refractivity contribution in [2.45, 2.75) is 0 Å². The van der Waals surface area contributed by atoms with Gasteiger partial charge in [0.05, 0.1) is 0 Å². The molecule has 0 amide bonds. The minimum Gasteiger partial charge on any atom is -0.485 e. The number of rotatable bonds is 5. The van der Waals surface area contributed by atoms with E-state index in [4.69, 9.17) is 21.1 Å². The minimum absolute atomic E-state index is 0.000529. The Morgan fingerprint density at radius 3 is 2.56 bits per heavy atom. The van der Waals surface area contributed by atoms with E-state index in [1.165, 1.54) is 7.11 Å². The van der Waals surface area contributed by atoms with Gasteiger partial charge in [0.15, 0.2) is 5.78 Å². The lowest BCUT2D eigenvalue weighted by Crippen LogP contribution is -2.16. The Bertz CT molecular complexity index is 566. The Balaban J connectivity index is 2.24. The molecule has 0 saturated carbocycles. The number of carbonyl (C=O) groups is 1. The topological polar surface area (TPSA) is 35.5 Å². The van der Waals surface area contributed by atoms with Crippen molar-refractivity contribution in [3.63, 3.8) is 0 Å². The third-order valence-electron chi connectivity index (χ3n) is 2.52. The summed E-state index contributed by atoms with van der Waals surface area (Å²) in [5.41, 5.74) is 0. The summed E-state index contributed by atoms with van der Waals surface area (Å²) in [7, 11) is 1.48. The molecule has 0 aliphatic rings. The number of hydrogen-bond donors (Lipinski definition) is 0. The maximum atomic E-state index is 11.3. The fraction of sp³-hybridized carbons (Fsp3) is 0.214. The molecule has 0 aliphatic heterocycles. The molecule has 4 heteroatoms. The van der Waals surface area contributed by atoms with Crippen molar-refractivity contribution in [2.75, 3.05) is 20.3 Å². The lowest BCUT2D eigenvalue weighted by atomic mass is 10.1. The van der Waals surface area contributed by atoms with Crippen LogP contribution < -0.4 is 4.74 Å². The van der Waals surface area contributed by atoms with Crippen molar-refractivity contribution >= 4 is 28.2 Å². The van der Waals surface area contributed by atoms with Crippen molar-refractivity contribution in [1.29, 1.82) is 0 Å². The first-order valence-electron chi connectivity index (χ1n) is 5.53. The van der Waals surface area contributed by atoms with Crippen LogP contribution in [0.25, 0.3) is 10.8 Å². The van der Waals surface area contributed by atoms with E-state index in [0.29, 0.717) is 10.8 Å². The molecule has 0 radical (unpaired) electrons. The Morgan fingerprint density at radius 1 is 1.11 bits per heavy atom. The molecule has 0 unspecified atom stereocenters. The van der Waals surface area contributed by atoms with Gasteiger partial charge in [-0.3, -0.25) is 4.79 Å². The molecular formula is C14H13ClO3. The molecule has 0 bridgehead atoms. The van der Waals surface area contributed by atoms with Gasteiger partial charge in [-0.1, -0.05) is 35.9 Å². The van der Waals surface area contributed by atoms with Gasteiger partial charge in [-0.2, -0.15) is 0 Å². The molecule has 18 heavy (non-hydrogen) atoms. The SMILES string of the molecule is COCC(=O)COc1ccc(Cl)c2ccccc12. The monoisotopic (exact) mass is 264 g/mol. The number of carbonyl (C=O) groups excluding carboxylic acids is 1. The first-order chi connectivity index (χ1) is 8.72. The van der Waals surface area contributed by atoms with E-state index in [2.05, 4.69) is 0 Å². The zero-order chi connectivity index (χ0) is 13.0. The van der Waals surface area contributed by atoms with Crippen LogP contribution in [0.1, 0.15) is 0 Å². The number of hydrogen-bond acceptors (Lipinski definition) is 3. The molecule has 0 atom stereocenters. The average Bonchev–Trinajstić information content (AvgIpc) is 2.39. The van der Waals surface area contributed by atoms with Gasteiger partial charge in [-0.05, 0) is 12.1 Å². The van der Waals surface area contributed by atoms with Crippen molar-refractivity contribution in [1.82, 2.24) is 0 Å². The van der Waals surface area contributed by atoms with Crippen LogP contribution in [0.4, 0.5) is 0 Å². The van der Waals surface area contributed by atoms with Crippen LogP contribution in [0.5, 0.6) is 5.75 Å². The summed E-state index contributed by atoms with van der Waals surface area (Å²) in [6, 6.07) is 11.2. The lowest BCUT2D eigenvalue weighted by Gasteiger charge is -2.09. The van der Waals surface area contributed by atoms with Gasteiger partial charge in [-0.15, -0.1) is 0 Å². The van der Waals surface area contributed by atoms with Crippen molar-refractivity contribution in [2.24, 2.45) is 0 Å². The predicted octanol–water partition coefficient (Wildman–Crippen LogP) is 3.09. The Hall–Kier alpha value is -1.58. The molecule has 0 N–H and O–H groups in total. The molecule has 0 fully saturated rings. The summed E-state index contributed by atoms with van der Waals surface area (Å²) in [5.74, 6) is 0.552. The van der Waals surface area contributed by atoms with E-state index in [-0.39, 0.29) is 19.0 Å². The normalized spacial score (nSPS) is 10.6. The zero-order valence-corrected chi connectivity index (χ0v) is 10.7. The van der Waals surface area contributed by atoms with Gasteiger partial charge in [-0.25, -0.2) is 0 Å². The van der Waals surface area contributed by atoms with Crippen LogP contribution in [0, 0.1) is 0 Å². The highest BCUT2D eigenvalue weighted by molar-refractivity contribution is 6.35. The predicted molar refractivity (Wildman–Crippen MR) is 71.3 cm³/mol. The van der Waals surface area contributed by atoms with Gasteiger partial charge in [0, 0.05) is 22.9 Å². The molecule has 94 valence electrons. The standard InChI is InChI=1S/C14H13ClO3/c1-17-8-10(16)9-18-14-7-6-13(15)11-4-2-3-5-12(11)14/h2-7H,8-9H2,1H3. The third-order valence-corrected chi connectivity index (χ3v) is 2.85. The van der Waals surface area contributed by atoms with Crippen LogP contribution in [0.15, 0.2) is 36.4 Å². The molecule has 0 heterocycles. The maximum Gasteiger partial charge on any atom is 0.195 e. The van der Waals surface area contributed by atoms with Gasteiger partial charge in [0.2, 0.25) is 0 Å². The van der Waals surface area contributed by atoms with E-state index >= 15 is 0 Å². The molecule has 3 nitrogen and oxygen atoms in total. The second kappa shape index (κ2) is 5.85. The molecular weight excluding hydrogens is 252 g/mol. The van der Waals surface area contributed by atoms with Crippen LogP contribution in [0.3, 0.4) is 0 Å². The Labute approximate surface area is 110 Å². The summed E-state index contributed by atoms with van der Waals surface area (Å²) in [5, 5.41) is 2.48. The van der Waals surface area contributed by atoms with Crippen LogP contribution in [-0.4, -0.2) is 26.1 Å². The number of fused-ring (bicyclic) bond motifs is 1. The van der Waals surface area contributed by atoms with Crippen molar-refractivity contribution in [3.8, 4) is 5.75 Å². The Kier molecular flexibility index (Phi) is 4.18. The van der Waals surface area contributed by atoms with Crippen LogP contribution in [0.2, 0.25) is 5.02 Å². The van der Waals surface area contributed by atoms with Gasteiger partial charge in [0.25, 0.3) is 0 Å².